The number of pyridine rings is 1. The van der Waals surface area contributed by atoms with Gasteiger partial charge in [0.1, 0.15) is 24.5 Å². The first kappa shape index (κ1) is 23.4. The Morgan fingerprint density at radius 3 is 2.62 bits per heavy atom. The number of rotatable bonds is 8. The molecule has 0 spiro atoms. The predicted octanol–water partition coefficient (Wildman–Crippen LogP) is 4.92. The Morgan fingerprint density at radius 2 is 1.88 bits per heavy atom. The highest BCUT2D eigenvalue weighted by Crippen LogP contribution is 2.31. The summed E-state index contributed by atoms with van der Waals surface area (Å²) in [7, 11) is 0. The number of hydrogen-bond donors (Lipinski definition) is 3. The van der Waals surface area contributed by atoms with Crippen molar-refractivity contribution in [2.75, 3.05) is 10.6 Å². The summed E-state index contributed by atoms with van der Waals surface area (Å²) in [6, 6.07) is 15.9. The third-order valence-corrected chi connectivity index (χ3v) is 5.52. The largest absolute Gasteiger partial charge is 0.486 e. The third-order valence-electron chi connectivity index (χ3n) is 5.22. The van der Waals surface area contributed by atoms with Gasteiger partial charge in [0.05, 0.1) is 22.3 Å². The van der Waals surface area contributed by atoms with Gasteiger partial charge < -0.3 is 21.1 Å². The molecule has 0 aliphatic heterocycles. The highest BCUT2D eigenvalue weighted by Gasteiger charge is 2.17. The molecule has 2 heterocycles. The number of carbonyl (C=O) groups excluding carboxylic acids is 1. The van der Waals surface area contributed by atoms with Crippen LogP contribution in [0.25, 0.3) is 10.9 Å². The van der Waals surface area contributed by atoms with Crippen LogP contribution in [-0.4, -0.2) is 26.9 Å². The van der Waals surface area contributed by atoms with Gasteiger partial charge in [-0.15, -0.1) is 0 Å². The molecule has 8 nitrogen and oxygen atoms in total. The molecular formula is C25H25ClN6O2. The number of benzene rings is 2. The minimum atomic E-state index is -0.596. The molecule has 1 amide bonds. The van der Waals surface area contributed by atoms with E-state index in [0.717, 1.165) is 22.3 Å². The first-order valence-corrected chi connectivity index (χ1v) is 11.2. The van der Waals surface area contributed by atoms with E-state index in [9.17, 15) is 4.79 Å². The van der Waals surface area contributed by atoms with Gasteiger partial charge in [0.15, 0.2) is 0 Å². The summed E-state index contributed by atoms with van der Waals surface area (Å²) in [5.74, 6) is 0.917. The molecule has 4 rings (SSSR count). The minimum absolute atomic E-state index is 0.0293. The van der Waals surface area contributed by atoms with Crippen LogP contribution in [0.5, 0.6) is 5.75 Å². The van der Waals surface area contributed by atoms with E-state index in [4.69, 9.17) is 22.1 Å². The zero-order valence-corrected chi connectivity index (χ0v) is 19.6. The van der Waals surface area contributed by atoms with Crippen molar-refractivity contribution in [1.82, 2.24) is 15.0 Å². The normalized spacial score (nSPS) is 11.9. The van der Waals surface area contributed by atoms with E-state index in [0.29, 0.717) is 28.9 Å². The number of aromatic nitrogens is 3. The van der Waals surface area contributed by atoms with Crippen LogP contribution in [0.2, 0.25) is 5.02 Å². The van der Waals surface area contributed by atoms with Crippen molar-refractivity contribution in [3.63, 3.8) is 0 Å². The van der Waals surface area contributed by atoms with E-state index >= 15 is 0 Å². The Bertz CT molecular complexity index is 1300. The van der Waals surface area contributed by atoms with Crippen molar-refractivity contribution >= 4 is 45.6 Å². The number of halogens is 1. The Morgan fingerprint density at radius 1 is 1.06 bits per heavy atom. The van der Waals surface area contributed by atoms with Gasteiger partial charge in [-0.1, -0.05) is 31.5 Å². The molecule has 0 aliphatic carbocycles. The number of hydrogen-bond acceptors (Lipinski definition) is 7. The van der Waals surface area contributed by atoms with E-state index in [2.05, 4.69) is 25.6 Å². The zero-order chi connectivity index (χ0) is 24.1. The van der Waals surface area contributed by atoms with Crippen LogP contribution in [0.1, 0.15) is 19.5 Å². The number of amides is 1. The Kier molecular flexibility index (Phi) is 7.20. The van der Waals surface area contributed by atoms with Gasteiger partial charge in [-0.2, -0.15) is 0 Å². The van der Waals surface area contributed by atoms with Gasteiger partial charge >= 0.3 is 0 Å². The van der Waals surface area contributed by atoms with Crippen molar-refractivity contribution in [2.24, 2.45) is 11.7 Å². The number of carbonyl (C=O) groups is 1. The van der Waals surface area contributed by atoms with Crippen molar-refractivity contribution in [3.05, 3.63) is 77.8 Å². The maximum Gasteiger partial charge on any atom is 0.241 e. The van der Waals surface area contributed by atoms with Crippen LogP contribution in [0.15, 0.2) is 67.1 Å². The van der Waals surface area contributed by atoms with Crippen LogP contribution in [-0.2, 0) is 11.4 Å². The summed E-state index contributed by atoms with van der Waals surface area (Å²) in [6.45, 7) is 4.12. The van der Waals surface area contributed by atoms with Crippen LogP contribution in [0, 0.1) is 5.92 Å². The van der Waals surface area contributed by atoms with Gasteiger partial charge in [-0.25, -0.2) is 9.97 Å². The van der Waals surface area contributed by atoms with Gasteiger partial charge in [0.25, 0.3) is 0 Å². The first-order valence-electron chi connectivity index (χ1n) is 10.8. The number of nitrogens with two attached hydrogens (primary N) is 1. The second-order valence-electron chi connectivity index (χ2n) is 8.09. The number of fused-ring (bicyclic) bond motifs is 1. The quantitative estimate of drug-likeness (QED) is 0.330. The minimum Gasteiger partial charge on any atom is -0.486 e. The lowest BCUT2D eigenvalue weighted by molar-refractivity contribution is -0.118. The predicted molar refractivity (Wildman–Crippen MR) is 134 cm³/mol. The van der Waals surface area contributed by atoms with E-state index in [1.54, 1.807) is 24.4 Å². The molecule has 2 aromatic carbocycles. The van der Waals surface area contributed by atoms with E-state index in [-0.39, 0.29) is 11.8 Å². The number of anilines is 3. The molecule has 0 saturated heterocycles. The highest BCUT2D eigenvalue weighted by atomic mass is 35.5. The lowest BCUT2D eigenvalue weighted by Crippen LogP contribution is -2.39. The summed E-state index contributed by atoms with van der Waals surface area (Å²) in [4.78, 5) is 25.3. The van der Waals surface area contributed by atoms with Crippen LogP contribution < -0.4 is 21.1 Å². The second-order valence-corrected chi connectivity index (χ2v) is 8.50. The summed E-state index contributed by atoms with van der Waals surface area (Å²) in [5, 5.41) is 7.32. The average Bonchev–Trinajstić information content (AvgIpc) is 2.84. The Labute approximate surface area is 202 Å². The number of nitrogens with one attached hydrogen (secondary N) is 2. The van der Waals surface area contributed by atoms with Gasteiger partial charge in [-0.05, 0) is 54.4 Å². The van der Waals surface area contributed by atoms with Crippen molar-refractivity contribution in [2.45, 2.75) is 26.5 Å². The van der Waals surface area contributed by atoms with E-state index < -0.39 is 6.04 Å². The molecule has 4 N–H and O–H groups in total. The van der Waals surface area contributed by atoms with Crippen molar-refractivity contribution < 1.29 is 9.53 Å². The molecule has 0 fully saturated rings. The number of nitrogens with zero attached hydrogens (tertiary/aromatic N) is 3. The maximum absolute atomic E-state index is 12.4. The smallest absolute Gasteiger partial charge is 0.241 e. The molecule has 174 valence electrons. The lowest BCUT2D eigenvalue weighted by Gasteiger charge is -2.16. The van der Waals surface area contributed by atoms with Crippen LogP contribution in [0.3, 0.4) is 0 Å². The first-order chi connectivity index (χ1) is 16.4. The Balaban J connectivity index is 1.52. The molecule has 0 saturated carbocycles. The number of ether oxygens (including phenoxy) is 1. The molecule has 9 heteroatoms. The fourth-order valence-corrected chi connectivity index (χ4v) is 3.47. The monoisotopic (exact) mass is 476 g/mol. The summed E-state index contributed by atoms with van der Waals surface area (Å²) in [5.41, 5.74) is 8.84. The fraction of sp³-hybridized carbons (Fsp3) is 0.200. The molecule has 0 radical (unpaired) electrons. The Hall–Kier alpha value is -3.75. The fourth-order valence-electron chi connectivity index (χ4n) is 3.23. The average molecular weight is 477 g/mol. The summed E-state index contributed by atoms with van der Waals surface area (Å²) < 4.78 is 5.79. The van der Waals surface area contributed by atoms with E-state index in [1.165, 1.54) is 6.33 Å². The zero-order valence-electron chi connectivity index (χ0n) is 18.8. The van der Waals surface area contributed by atoms with E-state index in [1.807, 2.05) is 50.2 Å². The van der Waals surface area contributed by atoms with Gasteiger partial charge in [0.2, 0.25) is 5.91 Å². The standard InChI is InChI=1S/C25H25ClN6O2/c1-15(2)23(27)25(33)32-16-6-8-21-19(11-16)24(30-14-29-21)31-17-7-9-22(20(26)12-17)34-13-18-5-3-4-10-28-18/h3-12,14-15,23H,13,27H2,1-2H3,(H,32,33)(H,29,30,31). The molecule has 4 aromatic rings. The molecular weight excluding hydrogens is 452 g/mol. The molecule has 0 bridgehead atoms. The lowest BCUT2D eigenvalue weighted by atomic mass is 10.0. The molecule has 2 aromatic heterocycles. The summed E-state index contributed by atoms with van der Waals surface area (Å²) in [6.07, 6.45) is 3.19. The summed E-state index contributed by atoms with van der Waals surface area (Å²) >= 11 is 6.44. The molecule has 34 heavy (non-hydrogen) atoms. The molecule has 1 unspecified atom stereocenters. The third kappa shape index (κ3) is 5.59. The van der Waals surface area contributed by atoms with Crippen molar-refractivity contribution in [3.8, 4) is 5.75 Å². The van der Waals surface area contributed by atoms with Crippen LogP contribution in [0.4, 0.5) is 17.2 Å². The second kappa shape index (κ2) is 10.5. The van der Waals surface area contributed by atoms with Gasteiger partial charge in [-0.3, -0.25) is 9.78 Å². The molecule has 0 aliphatic rings. The maximum atomic E-state index is 12.4. The topological polar surface area (TPSA) is 115 Å². The van der Waals surface area contributed by atoms with Crippen molar-refractivity contribution in [1.29, 1.82) is 0 Å². The van der Waals surface area contributed by atoms with Gasteiger partial charge in [0, 0.05) is 23.0 Å². The van der Waals surface area contributed by atoms with Crippen LogP contribution >= 0.6 is 11.6 Å². The molecule has 1 atom stereocenters. The SMILES string of the molecule is CC(C)C(N)C(=O)Nc1ccc2ncnc(Nc3ccc(OCc4ccccn4)c(Cl)c3)c2c1. The highest BCUT2D eigenvalue weighted by molar-refractivity contribution is 6.32.